The Morgan fingerprint density at radius 2 is 0.727 bits per heavy atom. The van der Waals surface area contributed by atoms with Crippen LogP contribution in [0.4, 0.5) is 0 Å². The zero-order chi connectivity index (χ0) is 59.7. The quantitative estimate of drug-likeness (QED) is 0.0396. The van der Waals surface area contributed by atoms with Crippen molar-refractivity contribution in [2.75, 3.05) is 33.3 Å². The van der Waals surface area contributed by atoms with E-state index < -0.39 is 0 Å². The molecule has 2 aromatic heterocycles. The summed E-state index contributed by atoms with van der Waals surface area (Å²) < 4.78 is 0. The number of hydrogen-bond acceptors (Lipinski definition) is 13. The van der Waals surface area contributed by atoms with Crippen LogP contribution in [0.25, 0.3) is 68.3 Å². The van der Waals surface area contributed by atoms with Crippen molar-refractivity contribution in [1.82, 2.24) is 40.1 Å². The summed E-state index contributed by atoms with van der Waals surface area (Å²) in [5.41, 5.74) is 16.2. The summed E-state index contributed by atoms with van der Waals surface area (Å²) >= 11 is 0. The van der Waals surface area contributed by atoms with Gasteiger partial charge in [-0.3, -0.25) is 4.90 Å². The molecule has 8 aromatic rings. The Hall–Kier alpha value is -7.52. The molecule has 1 radical (unpaired) electrons. The molecule has 6 aromatic carbocycles. The van der Waals surface area contributed by atoms with Crippen molar-refractivity contribution in [2.24, 2.45) is 0 Å². The molecule has 4 aliphatic rings. The number of aromatic nitrogens is 6. The van der Waals surface area contributed by atoms with Crippen molar-refractivity contribution in [1.29, 1.82) is 0 Å². The summed E-state index contributed by atoms with van der Waals surface area (Å²) in [6.07, 6.45) is 25.7. The first kappa shape index (κ1) is 69.6. The third-order valence-electron chi connectivity index (χ3n) is 16.2. The summed E-state index contributed by atoms with van der Waals surface area (Å²) in [5, 5.41) is 52.6. The summed E-state index contributed by atoms with van der Waals surface area (Å²) in [5.74, 6) is 3.05. The number of nitrogens with zero attached hydrogens (tertiary/aromatic N) is 7. The summed E-state index contributed by atoms with van der Waals surface area (Å²) in [4.78, 5) is 31.2. The SMILES string of the molecule is C.C.C=CCN(CC=C)Cc1c(O)ccc(-c2nc(-c3ccc4c(c3)CCCC4)nc(-c3ccc4c(c3)CCCC4)n2)c1O.C=CCNCC=C.CO.Oc1ccc(-c2nc(-c3ccc4c(c3)CCCC4)nc(-c3ccc4c(c3)CCCC4)n2)c(O)c1.[Y]. The van der Waals surface area contributed by atoms with Crippen LogP contribution in [-0.2, 0) is 90.6 Å². The van der Waals surface area contributed by atoms with Gasteiger partial charge in [0.2, 0.25) is 0 Å². The Morgan fingerprint density at radius 1 is 0.398 bits per heavy atom. The molecule has 2 heterocycles. The molecule has 0 fully saturated rings. The van der Waals surface area contributed by atoms with Crippen molar-refractivity contribution < 1.29 is 58.2 Å². The second kappa shape index (κ2) is 34.3. The van der Waals surface area contributed by atoms with Gasteiger partial charge in [0.15, 0.2) is 34.9 Å². The maximum atomic E-state index is 11.5. The third-order valence-corrected chi connectivity index (χ3v) is 16.2. The van der Waals surface area contributed by atoms with E-state index >= 15 is 0 Å². The molecule has 0 unspecified atom stereocenters. The summed E-state index contributed by atoms with van der Waals surface area (Å²) in [7, 11) is 1.00. The van der Waals surface area contributed by atoms with Crippen LogP contribution in [0.2, 0.25) is 0 Å². The summed E-state index contributed by atoms with van der Waals surface area (Å²) in [6.45, 7) is 18.0. The molecule has 0 aliphatic heterocycles. The number of fused-ring (bicyclic) bond motifs is 4. The van der Waals surface area contributed by atoms with E-state index in [4.69, 9.17) is 35.0 Å². The van der Waals surface area contributed by atoms with Crippen LogP contribution in [-0.4, -0.2) is 93.6 Å². The molecule has 12 rings (SSSR count). The topological polar surface area (TPSA) is 194 Å². The van der Waals surface area contributed by atoms with Crippen LogP contribution in [0.15, 0.2) is 154 Å². The van der Waals surface area contributed by atoms with Crippen molar-refractivity contribution in [3.63, 3.8) is 0 Å². The van der Waals surface area contributed by atoms with Gasteiger partial charge in [0.05, 0.1) is 16.7 Å². The van der Waals surface area contributed by atoms with E-state index in [0.29, 0.717) is 71.3 Å². The van der Waals surface area contributed by atoms with Gasteiger partial charge in [0.1, 0.15) is 23.0 Å². The molecular formula is C74H88N8O5Y. The third kappa shape index (κ3) is 17.4. The number of rotatable bonds is 16. The van der Waals surface area contributed by atoms with E-state index in [0.717, 1.165) is 93.8 Å². The average molecular weight is 1260 g/mol. The molecule has 0 spiro atoms. The Morgan fingerprint density at radius 3 is 1.07 bits per heavy atom. The van der Waals surface area contributed by atoms with Gasteiger partial charge in [-0.1, -0.05) is 87.7 Å². The maximum absolute atomic E-state index is 11.5. The molecule has 0 amide bonds. The largest absolute Gasteiger partial charge is 0.508 e. The van der Waals surface area contributed by atoms with Crippen LogP contribution < -0.4 is 5.32 Å². The number of hydrogen-bond donors (Lipinski definition) is 6. The van der Waals surface area contributed by atoms with E-state index in [1.807, 2.05) is 17.1 Å². The first-order chi connectivity index (χ1) is 41.6. The predicted octanol–water partition coefficient (Wildman–Crippen LogP) is 15.1. The van der Waals surface area contributed by atoms with Gasteiger partial charge < -0.3 is 30.8 Å². The van der Waals surface area contributed by atoms with Gasteiger partial charge in [-0.15, -0.1) is 26.3 Å². The number of phenolic OH excluding ortho intramolecular Hbond substituents is 4. The number of phenols is 4. The predicted molar refractivity (Wildman–Crippen MR) is 356 cm³/mol. The van der Waals surface area contributed by atoms with Gasteiger partial charge in [-0.25, -0.2) is 29.9 Å². The molecule has 13 nitrogen and oxygen atoms in total. The van der Waals surface area contributed by atoms with E-state index in [-0.39, 0.29) is 70.6 Å². The van der Waals surface area contributed by atoms with Gasteiger partial charge >= 0.3 is 0 Å². The zero-order valence-electron chi connectivity index (χ0n) is 49.7. The Labute approximate surface area is 547 Å². The van der Waals surface area contributed by atoms with E-state index in [1.54, 1.807) is 30.4 Å². The smallest absolute Gasteiger partial charge is 0.167 e. The minimum absolute atomic E-state index is 0. The van der Waals surface area contributed by atoms with E-state index in [9.17, 15) is 20.4 Å². The molecule has 0 bridgehead atoms. The van der Waals surface area contributed by atoms with Crippen molar-refractivity contribution in [3.05, 3.63) is 204 Å². The molecule has 6 N–H and O–H groups in total. The fourth-order valence-electron chi connectivity index (χ4n) is 11.8. The number of aliphatic hydroxyl groups excluding tert-OH is 1. The number of aryl methyl sites for hydroxylation is 8. The first-order valence-corrected chi connectivity index (χ1v) is 30.0. The maximum Gasteiger partial charge on any atom is 0.167 e. The van der Waals surface area contributed by atoms with Crippen molar-refractivity contribution >= 4 is 0 Å². The molecule has 457 valence electrons. The number of nitrogens with one attached hydrogen (secondary N) is 1. The minimum Gasteiger partial charge on any atom is -0.508 e. The number of aromatic hydroxyl groups is 4. The molecule has 14 heteroatoms. The van der Waals surface area contributed by atoms with Gasteiger partial charge in [0, 0.05) is 101 Å². The Bertz CT molecular complexity index is 3510. The van der Waals surface area contributed by atoms with Gasteiger partial charge in [-0.2, -0.15) is 0 Å². The fraction of sp³-hybridized carbons (Fsp3) is 0.324. The van der Waals surface area contributed by atoms with Gasteiger partial charge in [0.25, 0.3) is 0 Å². The normalized spacial score (nSPS) is 13.3. The average Bonchev–Trinajstić information content (AvgIpc) is 2.82. The van der Waals surface area contributed by atoms with Crippen LogP contribution in [0.5, 0.6) is 23.0 Å². The first-order valence-electron chi connectivity index (χ1n) is 30.0. The zero-order valence-corrected chi connectivity index (χ0v) is 52.6. The second-order valence-corrected chi connectivity index (χ2v) is 22.0. The monoisotopic (exact) mass is 1260 g/mol. The van der Waals surface area contributed by atoms with Crippen molar-refractivity contribution in [2.45, 2.75) is 124 Å². The van der Waals surface area contributed by atoms with Crippen molar-refractivity contribution in [3.8, 4) is 91.3 Å². The minimum atomic E-state index is -0.0565. The Balaban J connectivity index is 0.000000243. The molecule has 0 atom stereocenters. The second-order valence-electron chi connectivity index (χ2n) is 22.0. The fourth-order valence-corrected chi connectivity index (χ4v) is 11.8. The van der Waals surface area contributed by atoms with Crippen LogP contribution in [0.1, 0.15) is 116 Å². The molecule has 88 heavy (non-hydrogen) atoms. The summed E-state index contributed by atoms with van der Waals surface area (Å²) in [6, 6.07) is 33.8. The van der Waals surface area contributed by atoms with Gasteiger partial charge in [-0.05, 0) is 196 Å². The van der Waals surface area contributed by atoms with Crippen LogP contribution >= 0.6 is 0 Å². The Kier molecular flexibility index (Phi) is 27.1. The molecular weight excluding hydrogens is 1170 g/mol. The van der Waals surface area contributed by atoms with Crippen LogP contribution in [0.3, 0.4) is 0 Å². The van der Waals surface area contributed by atoms with E-state index in [2.05, 4.69) is 104 Å². The molecule has 0 saturated carbocycles. The number of benzene rings is 6. The number of aliphatic hydroxyl groups is 1. The molecule has 0 saturated heterocycles. The van der Waals surface area contributed by atoms with E-state index in [1.165, 1.54) is 108 Å². The van der Waals surface area contributed by atoms with Crippen LogP contribution in [0, 0.1) is 0 Å². The standard InChI is InChI=1S/C36H38N4O2.C29H27N3O2.C6H11N.CH4O.2CH4.Y/c1-3-19-40(20-4-2)23-31-32(41)18-17-30(33(31)42)36-38-34(28-15-13-24-9-5-7-11-26(24)21-28)37-35(39-36)29-16-14-25-10-6-8-12-27(25)22-29;33-24-13-14-25(26(34)17-24)29-31-27(22-11-9-18-5-1-3-7-20(18)15-22)30-28(32-29)23-12-10-19-6-2-4-8-21(19)16-23;1-3-5-7-6-4-2;1-2;;;/h3-4,13-18,21-22,41-42H,1-2,5-12,19-20,23H2;9-17,33-34H,1-8H2;3-4,7H,1-2,5-6H2;2H,1H3;2*1H4;. The molecule has 4 aliphatic carbocycles.